The largest absolute Gasteiger partial charge is 0.469 e. The van der Waals surface area contributed by atoms with Crippen LogP contribution in [0.1, 0.15) is 59.9 Å². The SMILES string of the molecule is CC(C)C1NC(=O)C(NC(=O)C(O)c2ccccc2)Cc2ccc3c(c2)C24c5cccc(c5NC2O3)-c2cccc3[nH]cc(c23)-c2cnc(o2)-c2nc1oc24. The van der Waals surface area contributed by atoms with Gasteiger partial charge >= 0.3 is 0 Å². The van der Waals surface area contributed by atoms with Crippen molar-refractivity contribution in [3.05, 3.63) is 131 Å². The molecule has 0 saturated carbocycles. The van der Waals surface area contributed by atoms with E-state index < -0.39 is 41.6 Å². The quantitative estimate of drug-likeness (QED) is 0.135. The Hall–Kier alpha value is -6.66. The first kappa shape index (κ1) is 31.8. The van der Waals surface area contributed by atoms with Gasteiger partial charge in [0.05, 0.1) is 6.20 Å². The van der Waals surface area contributed by atoms with Crippen molar-refractivity contribution >= 4 is 28.4 Å². The Balaban J connectivity index is 1.16. The third-order valence-electron chi connectivity index (χ3n) is 11.5. The number of aliphatic hydroxyl groups is 1. The monoisotopic (exact) mass is 730 g/mol. The van der Waals surface area contributed by atoms with Gasteiger partial charge in [-0.2, -0.15) is 0 Å². The van der Waals surface area contributed by atoms with E-state index >= 15 is 0 Å². The van der Waals surface area contributed by atoms with E-state index in [0.717, 1.165) is 50.0 Å². The first-order valence-electron chi connectivity index (χ1n) is 18.4. The van der Waals surface area contributed by atoms with Crippen LogP contribution in [-0.4, -0.2) is 44.1 Å². The van der Waals surface area contributed by atoms with Crippen LogP contribution in [0.2, 0.25) is 0 Å². The third kappa shape index (κ3) is 4.42. The van der Waals surface area contributed by atoms with E-state index in [9.17, 15) is 14.7 Å². The number of amides is 2. The molecule has 4 aliphatic heterocycles. The highest BCUT2D eigenvalue weighted by Gasteiger charge is 2.61. The topological polar surface area (TPSA) is 168 Å². The maximum absolute atomic E-state index is 14.3. The number of para-hydroxylation sites is 1. The molecule has 55 heavy (non-hydrogen) atoms. The lowest BCUT2D eigenvalue weighted by Crippen LogP contribution is -2.50. The van der Waals surface area contributed by atoms with Crippen LogP contribution in [0.25, 0.3) is 44.9 Å². The molecule has 5 atom stereocenters. The number of carbonyl (C=O) groups excluding carboxylic acids is 2. The molecule has 5 N–H and O–H groups in total. The number of nitrogens with one attached hydrogen (secondary N) is 4. The van der Waals surface area contributed by atoms with Gasteiger partial charge in [0.2, 0.25) is 17.7 Å². The van der Waals surface area contributed by atoms with E-state index in [0.29, 0.717) is 28.5 Å². The highest BCUT2D eigenvalue weighted by Crippen LogP contribution is 2.61. The average molecular weight is 731 g/mol. The number of aromatic amines is 1. The summed E-state index contributed by atoms with van der Waals surface area (Å²) in [7, 11) is 0. The maximum Gasteiger partial charge on any atom is 0.254 e. The van der Waals surface area contributed by atoms with E-state index in [1.807, 2.05) is 50.4 Å². The number of benzene rings is 4. The molecule has 7 heterocycles. The lowest BCUT2D eigenvalue weighted by molar-refractivity contribution is -0.134. The Kier molecular flexibility index (Phi) is 6.61. The van der Waals surface area contributed by atoms with Crippen LogP contribution in [-0.2, 0) is 21.4 Å². The number of fused-ring (bicyclic) bond motifs is 7. The second kappa shape index (κ2) is 11.4. The van der Waals surface area contributed by atoms with Gasteiger partial charge in [0.1, 0.15) is 23.2 Å². The Morgan fingerprint density at radius 1 is 0.945 bits per heavy atom. The minimum Gasteiger partial charge on any atom is -0.469 e. The molecule has 5 unspecified atom stereocenters. The van der Waals surface area contributed by atoms with Gasteiger partial charge in [0, 0.05) is 51.5 Å². The lowest BCUT2D eigenvalue weighted by Gasteiger charge is -2.29. The highest BCUT2D eigenvalue weighted by atomic mass is 16.5. The zero-order valence-corrected chi connectivity index (χ0v) is 29.7. The van der Waals surface area contributed by atoms with Gasteiger partial charge < -0.3 is 39.6 Å². The number of carbonyl (C=O) groups is 2. The van der Waals surface area contributed by atoms with Crippen molar-refractivity contribution in [3.63, 3.8) is 0 Å². The molecule has 3 aromatic heterocycles. The van der Waals surface area contributed by atoms with Crippen molar-refractivity contribution < 1.29 is 28.3 Å². The van der Waals surface area contributed by atoms with Gasteiger partial charge in [-0.05, 0) is 34.7 Å². The fourth-order valence-corrected chi connectivity index (χ4v) is 8.89. The van der Waals surface area contributed by atoms with Crippen LogP contribution in [0.4, 0.5) is 5.69 Å². The standard InChI is InChI=1S/C43H34N6O6/c1-20(2)33-41-48-35-37(55-41)43-26-12-6-11-24(23-10-7-13-28-32(23)25(18-44-28)31-19-45-40(35)53-31)34(26)49-42(43)54-30-15-14-21(16-27(30)43)17-29(38(51)47-33)46-39(52)36(50)22-8-4-3-5-9-22/h3-16,18-20,29,33,36,42,44,49-50H,17H2,1-2H3,(H,46,52)(H,47,51). The predicted molar refractivity (Wildman–Crippen MR) is 202 cm³/mol. The van der Waals surface area contributed by atoms with E-state index in [2.05, 4.69) is 45.2 Å². The summed E-state index contributed by atoms with van der Waals surface area (Å²) >= 11 is 0. The Morgan fingerprint density at radius 2 is 1.78 bits per heavy atom. The molecule has 10 bridgehead atoms. The van der Waals surface area contributed by atoms with Crippen LogP contribution in [0.5, 0.6) is 5.75 Å². The number of hydrogen-bond acceptors (Lipinski definition) is 9. The molecule has 4 aromatic carbocycles. The molecular weight excluding hydrogens is 697 g/mol. The van der Waals surface area contributed by atoms with Crippen molar-refractivity contribution in [1.29, 1.82) is 0 Å². The van der Waals surface area contributed by atoms with Crippen molar-refractivity contribution in [2.24, 2.45) is 5.92 Å². The molecular formula is C43H34N6O6. The molecule has 12 heteroatoms. The highest BCUT2D eigenvalue weighted by molar-refractivity contribution is 6.07. The van der Waals surface area contributed by atoms with Crippen LogP contribution < -0.4 is 20.7 Å². The number of H-pyrrole nitrogens is 1. The number of nitrogens with zero attached hydrogens (tertiary/aromatic N) is 2. The molecule has 272 valence electrons. The minimum atomic E-state index is -1.47. The summed E-state index contributed by atoms with van der Waals surface area (Å²) in [5.41, 5.74) is 6.94. The average Bonchev–Trinajstić information content (AvgIpc) is 4.02. The van der Waals surface area contributed by atoms with Gasteiger partial charge in [-0.25, -0.2) is 9.97 Å². The summed E-state index contributed by atoms with van der Waals surface area (Å²) < 4.78 is 20.5. The van der Waals surface area contributed by atoms with Crippen LogP contribution >= 0.6 is 0 Å². The van der Waals surface area contributed by atoms with Crippen LogP contribution in [0, 0.1) is 5.92 Å². The number of anilines is 1. The van der Waals surface area contributed by atoms with E-state index in [4.69, 9.17) is 23.5 Å². The molecule has 0 aliphatic carbocycles. The van der Waals surface area contributed by atoms with Crippen molar-refractivity contribution in [3.8, 4) is 39.8 Å². The fourth-order valence-electron chi connectivity index (χ4n) is 8.89. The predicted octanol–water partition coefficient (Wildman–Crippen LogP) is 6.52. The van der Waals surface area contributed by atoms with Gasteiger partial charge in [0.15, 0.2) is 29.5 Å². The molecule has 4 aliphatic rings. The summed E-state index contributed by atoms with van der Waals surface area (Å²) in [6.45, 7) is 3.93. The van der Waals surface area contributed by atoms with E-state index in [1.165, 1.54) is 0 Å². The molecule has 7 aromatic rings. The van der Waals surface area contributed by atoms with Crippen LogP contribution in [0.15, 0.2) is 106 Å². The fraction of sp³-hybridized carbons (Fsp3) is 0.209. The number of oxazole rings is 2. The molecule has 11 rings (SSSR count). The van der Waals surface area contributed by atoms with Crippen molar-refractivity contribution in [2.75, 3.05) is 5.32 Å². The second-order valence-electron chi connectivity index (χ2n) is 15.0. The molecule has 0 radical (unpaired) electrons. The van der Waals surface area contributed by atoms with Crippen molar-refractivity contribution in [2.45, 2.75) is 50.1 Å². The third-order valence-corrected chi connectivity index (χ3v) is 11.5. The number of rotatable bonds is 4. The number of aromatic nitrogens is 3. The van der Waals surface area contributed by atoms with E-state index in [1.54, 1.807) is 36.5 Å². The Bertz CT molecular complexity index is 2730. The summed E-state index contributed by atoms with van der Waals surface area (Å²) in [6, 6.07) is 25.1. The number of ether oxygens (including phenoxy) is 1. The zero-order chi connectivity index (χ0) is 37.2. The molecule has 0 saturated heterocycles. The molecule has 1 spiro atoms. The lowest BCUT2D eigenvalue weighted by atomic mass is 9.72. The van der Waals surface area contributed by atoms with Gasteiger partial charge in [-0.1, -0.05) is 86.6 Å². The smallest absolute Gasteiger partial charge is 0.254 e. The van der Waals surface area contributed by atoms with Crippen molar-refractivity contribution in [1.82, 2.24) is 25.6 Å². The number of aliphatic hydroxyl groups excluding tert-OH is 1. The molecule has 0 fully saturated rings. The van der Waals surface area contributed by atoms with Gasteiger partial charge in [0.25, 0.3) is 5.91 Å². The first-order valence-corrected chi connectivity index (χ1v) is 18.4. The first-order chi connectivity index (χ1) is 26.8. The molecule has 12 nitrogen and oxygen atoms in total. The minimum absolute atomic E-state index is 0.138. The molecule has 2 amide bonds. The zero-order valence-electron chi connectivity index (χ0n) is 29.7. The van der Waals surface area contributed by atoms with Crippen LogP contribution in [0.3, 0.4) is 0 Å². The van der Waals surface area contributed by atoms with E-state index in [-0.39, 0.29) is 24.1 Å². The summed E-state index contributed by atoms with van der Waals surface area (Å²) in [5, 5.41) is 21.7. The Labute approximate surface area is 314 Å². The normalized spacial score (nSPS) is 21.8. The summed E-state index contributed by atoms with van der Waals surface area (Å²) in [5.74, 6) is 0.870. The number of hydrogen-bond donors (Lipinski definition) is 5. The summed E-state index contributed by atoms with van der Waals surface area (Å²) in [6.07, 6.45) is 1.65. The second-order valence-corrected chi connectivity index (χ2v) is 15.0. The summed E-state index contributed by atoms with van der Waals surface area (Å²) in [4.78, 5) is 41.2. The van der Waals surface area contributed by atoms with Gasteiger partial charge in [-0.3, -0.25) is 9.59 Å². The van der Waals surface area contributed by atoms with Gasteiger partial charge in [-0.15, -0.1) is 0 Å². The Morgan fingerprint density at radius 3 is 2.64 bits per heavy atom. The maximum atomic E-state index is 14.3.